The normalized spacial score (nSPS) is 13.1. The highest BCUT2D eigenvalue weighted by Gasteiger charge is 2.14. The fourth-order valence-electron chi connectivity index (χ4n) is 2.74. The van der Waals surface area contributed by atoms with E-state index >= 15 is 0 Å². The summed E-state index contributed by atoms with van der Waals surface area (Å²) in [5.41, 5.74) is 2.61. The van der Waals surface area contributed by atoms with E-state index in [0.717, 1.165) is 19.5 Å². The van der Waals surface area contributed by atoms with Crippen LogP contribution >= 0.6 is 0 Å². The molecule has 2 aromatic rings. The van der Waals surface area contributed by atoms with Crippen molar-refractivity contribution in [3.63, 3.8) is 0 Å². The number of hydrogen-bond donors (Lipinski definition) is 1. The maximum absolute atomic E-state index is 4.26. The lowest BCUT2D eigenvalue weighted by Gasteiger charge is -2.18. The molecule has 0 amide bonds. The van der Waals surface area contributed by atoms with E-state index in [4.69, 9.17) is 0 Å². The maximum atomic E-state index is 4.26. The molecule has 0 radical (unpaired) electrons. The van der Waals surface area contributed by atoms with Gasteiger partial charge >= 0.3 is 0 Å². The molecule has 1 N–H and O–H groups in total. The van der Waals surface area contributed by atoms with E-state index in [0.29, 0.717) is 12.0 Å². The Kier molecular flexibility index (Phi) is 5.01. The Morgan fingerprint density at radius 1 is 1.35 bits per heavy atom. The van der Waals surface area contributed by atoms with Gasteiger partial charge < -0.3 is 14.5 Å². The number of aryl methyl sites for hydroxylation is 1. The van der Waals surface area contributed by atoms with Gasteiger partial charge in [-0.25, -0.2) is 4.98 Å². The first-order chi connectivity index (χ1) is 9.65. The quantitative estimate of drug-likeness (QED) is 0.842. The predicted molar refractivity (Wildman–Crippen MR) is 82.7 cm³/mol. The van der Waals surface area contributed by atoms with Gasteiger partial charge in [0.25, 0.3) is 0 Å². The second-order valence-electron chi connectivity index (χ2n) is 5.71. The Morgan fingerprint density at radius 3 is 2.80 bits per heavy atom. The van der Waals surface area contributed by atoms with Crippen LogP contribution in [-0.2, 0) is 13.1 Å². The number of hydrogen-bond acceptors (Lipinski definition) is 2. The topological polar surface area (TPSA) is 34.8 Å². The van der Waals surface area contributed by atoms with E-state index in [2.05, 4.69) is 58.7 Å². The summed E-state index contributed by atoms with van der Waals surface area (Å²) >= 11 is 0. The highest BCUT2D eigenvalue weighted by molar-refractivity contribution is 5.17. The minimum atomic E-state index is 0.414. The summed E-state index contributed by atoms with van der Waals surface area (Å²) < 4.78 is 4.48. The molecule has 20 heavy (non-hydrogen) atoms. The van der Waals surface area contributed by atoms with Crippen molar-refractivity contribution in [3.05, 3.63) is 42.2 Å². The average molecular weight is 274 g/mol. The van der Waals surface area contributed by atoms with E-state index < -0.39 is 0 Å². The first-order valence-electron chi connectivity index (χ1n) is 7.47. The summed E-state index contributed by atoms with van der Waals surface area (Å²) in [5.74, 6) is 0.585. The van der Waals surface area contributed by atoms with Gasteiger partial charge in [0.2, 0.25) is 0 Å². The Bertz CT molecular complexity index is 524. The van der Waals surface area contributed by atoms with Crippen molar-refractivity contribution in [2.75, 3.05) is 7.05 Å². The van der Waals surface area contributed by atoms with Crippen LogP contribution in [0.3, 0.4) is 0 Å². The van der Waals surface area contributed by atoms with E-state index in [9.17, 15) is 0 Å². The Labute approximate surface area is 121 Å². The highest BCUT2D eigenvalue weighted by atomic mass is 15.1. The van der Waals surface area contributed by atoms with Crippen molar-refractivity contribution in [2.45, 2.75) is 46.3 Å². The lowest BCUT2D eigenvalue weighted by atomic mass is 9.99. The minimum absolute atomic E-state index is 0.414. The Morgan fingerprint density at radius 2 is 2.15 bits per heavy atom. The van der Waals surface area contributed by atoms with Crippen molar-refractivity contribution in [3.8, 4) is 0 Å². The summed E-state index contributed by atoms with van der Waals surface area (Å²) in [5, 5.41) is 3.39. The molecule has 0 aliphatic heterocycles. The van der Waals surface area contributed by atoms with Crippen LogP contribution in [0.25, 0.3) is 0 Å². The molecular weight excluding hydrogens is 248 g/mol. The van der Waals surface area contributed by atoms with Crippen molar-refractivity contribution >= 4 is 0 Å². The van der Waals surface area contributed by atoms with Crippen molar-refractivity contribution in [1.82, 2.24) is 19.4 Å². The van der Waals surface area contributed by atoms with E-state index in [1.54, 1.807) is 0 Å². The summed E-state index contributed by atoms with van der Waals surface area (Å²) in [4.78, 5) is 4.26. The van der Waals surface area contributed by atoms with Gasteiger partial charge in [0, 0.05) is 31.2 Å². The van der Waals surface area contributed by atoms with E-state index in [1.165, 1.54) is 11.3 Å². The molecule has 2 aromatic heterocycles. The van der Waals surface area contributed by atoms with Gasteiger partial charge in [0.1, 0.15) is 0 Å². The van der Waals surface area contributed by atoms with Gasteiger partial charge in [-0.15, -0.1) is 0 Å². The fourth-order valence-corrected chi connectivity index (χ4v) is 2.74. The Hall–Kier alpha value is -1.55. The molecule has 0 fully saturated rings. The van der Waals surface area contributed by atoms with Crippen LogP contribution in [0.4, 0.5) is 0 Å². The first kappa shape index (κ1) is 14.9. The third-order valence-electron chi connectivity index (χ3n) is 3.72. The van der Waals surface area contributed by atoms with Crippen LogP contribution in [0.2, 0.25) is 0 Å². The molecule has 110 valence electrons. The van der Waals surface area contributed by atoms with Gasteiger partial charge in [0.05, 0.1) is 18.6 Å². The molecule has 0 aliphatic carbocycles. The Balaban J connectivity index is 2.11. The lowest BCUT2D eigenvalue weighted by molar-refractivity contribution is 0.442. The third kappa shape index (κ3) is 3.31. The van der Waals surface area contributed by atoms with Gasteiger partial charge in [-0.2, -0.15) is 0 Å². The summed E-state index contributed by atoms with van der Waals surface area (Å²) in [6.45, 7) is 8.60. The first-order valence-corrected chi connectivity index (χ1v) is 7.47. The zero-order chi connectivity index (χ0) is 14.5. The summed E-state index contributed by atoms with van der Waals surface area (Å²) in [7, 11) is 2.03. The monoisotopic (exact) mass is 274 g/mol. The number of rotatable bonds is 7. The molecule has 0 aromatic carbocycles. The maximum Gasteiger partial charge on any atom is 0.0948 e. The third-order valence-corrected chi connectivity index (χ3v) is 3.72. The number of aromatic nitrogens is 3. The largest absolute Gasteiger partial charge is 0.348 e. The molecule has 0 saturated heterocycles. The molecule has 0 spiro atoms. The molecule has 4 heteroatoms. The molecule has 4 nitrogen and oxygen atoms in total. The highest BCUT2D eigenvalue weighted by Crippen LogP contribution is 2.21. The van der Waals surface area contributed by atoms with E-state index in [1.807, 2.05) is 19.6 Å². The number of imidazole rings is 1. The van der Waals surface area contributed by atoms with Gasteiger partial charge in [-0.05, 0) is 31.0 Å². The zero-order valence-corrected chi connectivity index (χ0v) is 13.0. The molecular formula is C16H26N4. The lowest BCUT2D eigenvalue weighted by Crippen LogP contribution is -2.21. The molecule has 0 bridgehead atoms. The van der Waals surface area contributed by atoms with Gasteiger partial charge in [-0.3, -0.25) is 0 Å². The fraction of sp³-hybridized carbons (Fsp3) is 0.562. The van der Waals surface area contributed by atoms with E-state index in [-0.39, 0.29) is 0 Å². The SMILES string of the molecule is CCCn1cncc1Cn1ccc(C(NC)C(C)C)c1. The van der Waals surface area contributed by atoms with Crippen LogP contribution in [0.15, 0.2) is 31.0 Å². The molecule has 1 unspecified atom stereocenters. The van der Waals surface area contributed by atoms with Crippen molar-refractivity contribution in [1.29, 1.82) is 0 Å². The summed E-state index contributed by atoms with van der Waals surface area (Å²) in [6.07, 6.45) is 9.42. The van der Waals surface area contributed by atoms with Gasteiger partial charge in [-0.1, -0.05) is 20.8 Å². The molecule has 0 aliphatic rings. The van der Waals surface area contributed by atoms with Crippen LogP contribution < -0.4 is 5.32 Å². The zero-order valence-electron chi connectivity index (χ0n) is 13.0. The predicted octanol–water partition coefficient (Wildman–Crippen LogP) is 3.06. The minimum Gasteiger partial charge on any atom is -0.348 e. The second kappa shape index (κ2) is 6.75. The van der Waals surface area contributed by atoms with Crippen LogP contribution in [0, 0.1) is 5.92 Å². The molecule has 2 heterocycles. The smallest absolute Gasteiger partial charge is 0.0948 e. The molecule has 1 atom stereocenters. The average Bonchev–Trinajstić information content (AvgIpc) is 3.02. The number of nitrogens with one attached hydrogen (secondary N) is 1. The van der Waals surface area contributed by atoms with Gasteiger partial charge in [0.15, 0.2) is 0 Å². The molecule has 0 saturated carbocycles. The van der Waals surface area contributed by atoms with Crippen LogP contribution in [0.5, 0.6) is 0 Å². The standard InChI is InChI=1S/C16H26N4/c1-5-7-20-12-18-9-15(20)11-19-8-6-14(10-19)16(17-4)13(2)3/h6,8-10,12-13,16-17H,5,7,11H2,1-4H3. The molecule has 2 rings (SSSR count). The number of nitrogens with zero attached hydrogens (tertiary/aromatic N) is 3. The van der Waals surface area contributed by atoms with Crippen molar-refractivity contribution in [2.24, 2.45) is 5.92 Å². The second-order valence-corrected chi connectivity index (χ2v) is 5.71. The van der Waals surface area contributed by atoms with Crippen molar-refractivity contribution < 1.29 is 0 Å². The van der Waals surface area contributed by atoms with Crippen LogP contribution in [0.1, 0.15) is 44.5 Å². The van der Waals surface area contributed by atoms with Crippen LogP contribution in [-0.4, -0.2) is 21.2 Å². The summed E-state index contributed by atoms with van der Waals surface area (Å²) in [6, 6.07) is 2.62.